The van der Waals surface area contributed by atoms with Crippen molar-refractivity contribution in [2.45, 2.75) is 25.9 Å². The second-order valence-electron chi connectivity index (χ2n) is 7.39. The smallest absolute Gasteiger partial charge is 0.407 e. The molecule has 1 aromatic carbocycles. The first-order valence-electron chi connectivity index (χ1n) is 9.49. The van der Waals surface area contributed by atoms with Crippen LogP contribution < -0.4 is 5.32 Å². The summed E-state index contributed by atoms with van der Waals surface area (Å²) in [5.41, 5.74) is 1.76. The zero-order valence-electron chi connectivity index (χ0n) is 17.0. The number of hydrogen-bond acceptors (Lipinski definition) is 5. The number of ether oxygens (including phenoxy) is 1. The lowest BCUT2D eigenvalue weighted by atomic mass is 10.0. The summed E-state index contributed by atoms with van der Waals surface area (Å²) in [6.45, 7) is 4.10. The zero-order valence-corrected chi connectivity index (χ0v) is 18.5. The van der Waals surface area contributed by atoms with E-state index in [1.54, 1.807) is 11.1 Å². The number of methoxy groups -OCH3 is 1. The molecule has 2 N–H and O–H groups in total. The van der Waals surface area contributed by atoms with Crippen molar-refractivity contribution in [1.82, 2.24) is 25.1 Å². The lowest BCUT2D eigenvalue weighted by Gasteiger charge is -2.29. The maximum absolute atomic E-state index is 13.3. The van der Waals surface area contributed by atoms with Crippen LogP contribution in [-0.2, 0) is 14.3 Å². The molecular formula is C20H24BrN5O4. The molecule has 3 amide bonds. The van der Waals surface area contributed by atoms with Gasteiger partial charge in [-0.25, -0.2) is 9.78 Å². The summed E-state index contributed by atoms with van der Waals surface area (Å²) in [5, 5.41) is 2.59. The average molecular weight is 478 g/mol. The molecule has 0 unspecified atom stereocenters. The molecule has 1 aliphatic rings. The molecule has 0 saturated carbocycles. The second kappa shape index (κ2) is 9.29. The normalized spacial score (nSPS) is 17.2. The molecule has 0 radical (unpaired) electrons. The number of carbonyl (C=O) groups excluding carboxylic acids is 3. The standard InChI is InChI=1S/C20H24BrN5O4/c1-12(2)17(24-20(29)30-3)19(28)26-10-25(11-27)9-16(26)18-22-8-15(23-18)13-4-6-14(21)7-5-13/h4-8,11-12,16-17H,9-10H2,1-3H3,(H,22,23)(H,24,29)/t16-,17-/m0/s1. The molecule has 0 aliphatic carbocycles. The summed E-state index contributed by atoms with van der Waals surface area (Å²) < 4.78 is 5.62. The molecule has 0 bridgehead atoms. The van der Waals surface area contributed by atoms with Crippen molar-refractivity contribution >= 4 is 34.3 Å². The largest absolute Gasteiger partial charge is 0.453 e. The van der Waals surface area contributed by atoms with Gasteiger partial charge in [0, 0.05) is 11.0 Å². The van der Waals surface area contributed by atoms with E-state index in [0.717, 1.165) is 15.7 Å². The molecule has 1 saturated heterocycles. The predicted molar refractivity (Wildman–Crippen MR) is 113 cm³/mol. The topological polar surface area (TPSA) is 108 Å². The quantitative estimate of drug-likeness (QED) is 0.621. The Morgan fingerprint density at radius 2 is 2.03 bits per heavy atom. The van der Waals surface area contributed by atoms with E-state index in [9.17, 15) is 14.4 Å². The van der Waals surface area contributed by atoms with Crippen LogP contribution in [0.4, 0.5) is 4.79 Å². The molecule has 30 heavy (non-hydrogen) atoms. The minimum absolute atomic E-state index is 0.118. The number of nitrogens with zero attached hydrogens (tertiary/aromatic N) is 3. The van der Waals surface area contributed by atoms with E-state index in [1.807, 2.05) is 38.1 Å². The van der Waals surface area contributed by atoms with Crippen LogP contribution in [0.5, 0.6) is 0 Å². The Hall–Kier alpha value is -2.88. The zero-order chi connectivity index (χ0) is 21.8. The van der Waals surface area contributed by atoms with E-state index < -0.39 is 18.2 Å². The van der Waals surface area contributed by atoms with Crippen molar-refractivity contribution in [2.75, 3.05) is 20.3 Å². The van der Waals surface area contributed by atoms with Crippen molar-refractivity contribution in [3.8, 4) is 11.3 Å². The third-order valence-electron chi connectivity index (χ3n) is 5.01. The van der Waals surface area contributed by atoms with Crippen molar-refractivity contribution in [3.05, 3.63) is 40.8 Å². The van der Waals surface area contributed by atoms with Crippen molar-refractivity contribution in [1.29, 1.82) is 0 Å². The van der Waals surface area contributed by atoms with Gasteiger partial charge in [0.05, 0.1) is 25.7 Å². The molecule has 3 rings (SSSR count). The molecule has 9 nitrogen and oxygen atoms in total. The molecule has 2 aromatic rings. The third-order valence-corrected chi connectivity index (χ3v) is 5.54. The number of benzene rings is 1. The van der Waals surface area contributed by atoms with E-state index in [-0.39, 0.29) is 18.5 Å². The summed E-state index contributed by atoms with van der Waals surface area (Å²) in [6, 6.07) is 6.53. The first-order chi connectivity index (χ1) is 14.3. The lowest BCUT2D eigenvalue weighted by molar-refractivity contribution is -0.136. The van der Waals surface area contributed by atoms with Gasteiger partial charge < -0.3 is 24.8 Å². The SMILES string of the molecule is COC(=O)N[C@H](C(=O)N1CN(C=O)C[C@H]1c1ncc(-c2ccc(Br)cc2)[nH]1)C(C)C. The molecule has 1 aromatic heterocycles. The van der Waals surface area contributed by atoms with E-state index in [2.05, 4.69) is 36.0 Å². The van der Waals surface area contributed by atoms with Crippen molar-refractivity contribution < 1.29 is 19.1 Å². The van der Waals surface area contributed by atoms with Crippen LogP contribution in [0.3, 0.4) is 0 Å². The summed E-state index contributed by atoms with van der Waals surface area (Å²) in [4.78, 5) is 47.2. The van der Waals surface area contributed by atoms with Gasteiger partial charge in [-0.2, -0.15) is 0 Å². The summed E-state index contributed by atoms with van der Waals surface area (Å²) in [5.74, 6) is 0.106. The number of rotatable bonds is 6. The van der Waals surface area contributed by atoms with E-state index >= 15 is 0 Å². The number of alkyl carbamates (subject to hydrolysis) is 1. The Kier molecular flexibility index (Phi) is 6.76. The maximum atomic E-state index is 13.3. The van der Waals surface area contributed by atoms with Crippen LogP contribution in [0.15, 0.2) is 34.9 Å². The highest BCUT2D eigenvalue weighted by atomic mass is 79.9. The Bertz CT molecular complexity index is 914. The Labute approximate surface area is 182 Å². The monoisotopic (exact) mass is 477 g/mol. The Balaban J connectivity index is 1.87. The predicted octanol–water partition coefficient (Wildman–Crippen LogP) is 2.52. The minimum Gasteiger partial charge on any atom is -0.453 e. The fourth-order valence-corrected chi connectivity index (χ4v) is 3.63. The van der Waals surface area contributed by atoms with Crippen LogP contribution in [0, 0.1) is 5.92 Å². The first-order valence-corrected chi connectivity index (χ1v) is 10.3. The van der Waals surface area contributed by atoms with Crippen LogP contribution in [0.1, 0.15) is 25.7 Å². The minimum atomic E-state index is -0.785. The number of aromatic amines is 1. The van der Waals surface area contributed by atoms with Gasteiger partial charge in [0.1, 0.15) is 17.9 Å². The summed E-state index contributed by atoms with van der Waals surface area (Å²) in [6.07, 6.45) is 1.73. The molecule has 0 spiro atoms. The fraction of sp³-hybridized carbons (Fsp3) is 0.400. The molecule has 10 heteroatoms. The Morgan fingerprint density at radius 1 is 1.33 bits per heavy atom. The molecule has 2 heterocycles. The number of amides is 3. The van der Waals surface area contributed by atoms with Gasteiger partial charge in [-0.15, -0.1) is 0 Å². The van der Waals surface area contributed by atoms with Crippen molar-refractivity contribution in [3.63, 3.8) is 0 Å². The number of imidazole rings is 1. The second-order valence-corrected chi connectivity index (χ2v) is 8.30. The van der Waals surface area contributed by atoms with Crippen LogP contribution in [0.2, 0.25) is 0 Å². The number of carbonyl (C=O) groups is 3. The summed E-state index contributed by atoms with van der Waals surface area (Å²) >= 11 is 3.42. The first kappa shape index (κ1) is 21.8. The number of halogens is 1. The maximum Gasteiger partial charge on any atom is 0.407 e. The van der Waals surface area contributed by atoms with Crippen LogP contribution >= 0.6 is 15.9 Å². The number of aromatic nitrogens is 2. The molecule has 1 fully saturated rings. The molecule has 2 atom stereocenters. The highest BCUT2D eigenvalue weighted by molar-refractivity contribution is 9.10. The van der Waals surface area contributed by atoms with E-state index in [1.165, 1.54) is 12.0 Å². The van der Waals surface area contributed by atoms with Gasteiger partial charge in [-0.05, 0) is 23.6 Å². The highest BCUT2D eigenvalue weighted by Crippen LogP contribution is 2.29. The number of H-pyrrole nitrogens is 1. The molecule has 160 valence electrons. The van der Waals surface area contributed by atoms with Gasteiger partial charge in [0.15, 0.2) is 0 Å². The molecular weight excluding hydrogens is 454 g/mol. The third kappa shape index (κ3) is 4.64. The van der Waals surface area contributed by atoms with Gasteiger partial charge in [0.2, 0.25) is 12.3 Å². The average Bonchev–Trinajstić information content (AvgIpc) is 3.38. The summed E-state index contributed by atoms with van der Waals surface area (Å²) in [7, 11) is 1.25. The number of nitrogens with one attached hydrogen (secondary N) is 2. The van der Waals surface area contributed by atoms with Crippen molar-refractivity contribution in [2.24, 2.45) is 5.92 Å². The number of hydrogen-bond donors (Lipinski definition) is 2. The highest BCUT2D eigenvalue weighted by Gasteiger charge is 2.40. The molecule has 1 aliphatic heterocycles. The fourth-order valence-electron chi connectivity index (χ4n) is 3.37. The van der Waals surface area contributed by atoms with Gasteiger partial charge >= 0.3 is 6.09 Å². The van der Waals surface area contributed by atoms with E-state index in [0.29, 0.717) is 18.8 Å². The van der Waals surface area contributed by atoms with Gasteiger partial charge in [0.25, 0.3) is 0 Å². The Morgan fingerprint density at radius 3 is 2.63 bits per heavy atom. The van der Waals surface area contributed by atoms with Crippen LogP contribution in [-0.4, -0.2) is 64.5 Å². The van der Waals surface area contributed by atoms with Gasteiger partial charge in [-0.1, -0.05) is 41.9 Å². The lowest BCUT2D eigenvalue weighted by Crippen LogP contribution is -2.51. The van der Waals surface area contributed by atoms with Crippen LogP contribution in [0.25, 0.3) is 11.3 Å². The van der Waals surface area contributed by atoms with Gasteiger partial charge in [-0.3, -0.25) is 9.59 Å². The van der Waals surface area contributed by atoms with E-state index in [4.69, 9.17) is 0 Å².